The van der Waals surface area contributed by atoms with Crippen LogP contribution in [0, 0.1) is 0 Å². The Hall–Kier alpha value is -1.06. The summed E-state index contributed by atoms with van der Waals surface area (Å²) < 4.78 is 5.61. The van der Waals surface area contributed by atoms with Crippen molar-refractivity contribution in [2.75, 3.05) is 26.7 Å². The Morgan fingerprint density at radius 2 is 2.06 bits per heavy atom. The van der Waals surface area contributed by atoms with Gasteiger partial charge in [-0.25, -0.2) is 0 Å². The second-order valence-electron chi connectivity index (χ2n) is 5.53. The monoisotopic (exact) mass is 248 g/mol. The highest BCUT2D eigenvalue weighted by atomic mass is 16.5. The number of quaternary nitrogens is 2. The van der Waals surface area contributed by atoms with Gasteiger partial charge >= 0.3 is 0 Å². The lowest BCUT2D eigenvalue weighted by Gasteiger charge is -2.34. The van der Waals surface area contributed by atoms with E-state index in [9.17, 15) is 0 Å². The van der Waals surface area contributed by atoms with Crippen LogP contribution >= 0.6 is 0 Å². The van der Waals surface area contributed by atoms with Gasteiger partial charge in [-0.2, -0.15) is 0 Å². The first kappa shape index (κ1) is 12.0. The third kappa shape index (κ3) is 2.13. The fourth-order valence-corrected chi connectivity index (χ4v) is 3.59. The lowest BCUT2D eigenvalue weighted by Crippen LogP contribution is -3.16. The highest BCUT2D eigenvalue weighted by Crippen LogP contribution is 2.28. The van der Waals surface area contributed by atoms with E-state index in [0.717, 1.165) is 12.3 Å². The fraction of sp³-hybridized carbons (Fsp3) is 0.600. The fourth-order valence-electron chi connectivity index (χ4n) is 3.59. The molecule has 0 aliphatic carbocycles. The van der Waals surface area contributed by atoms with Crippen LogP contribution in [0.15, 0.2) is 18.2 Å². The van der Waals surface area contributed by atoms with Gasteiger partial charge in [-0.15, -0.1) is 0 Å². The molecule has 0 bridgehead atoms. The molecule has 0 aromatic heterocycles. The van der Waals surface area contributed by atoms with E-state index < -0.39 is 0 Å². The number of methoxy groups -OCH3 is 1. The van der Waals surface area contributed by atoms with E-state index in [1.807, 2.05) is 0 Å². The summed E-state index contributed by atoms with van der Waals surface area (Å²) in [5, 5.41) is 2.45. The van der Waals surface area contributed by atoms with Crippen molar-refractivity contribution in [1.29, 1.82) is 0 Å². The number of likely N-dealkylation sites (tertiary alicyclic amines) is 1. The number of rotatable bonds is 2. The molecule has 0 unspecified atom stereocenters. The minimum atomic E-state index is 0.630. The first-order chi connectivity index (χ1) is 8.90. The second kappa shape index (κ2) is 5.29. The van der Waals surface area contributed by atoms with Crippen LogP contribution in [0.3, 0.4) is 0 Å². The van der Waals surface area contributed by atoms with Gasteiger partial charge in [0.2, 0.25) is 0 Å². The molecule has 3 nitrogen and oxygen atoms in total. The largest absolute Gasteiger partial charge is 0.496 e. The van der Waals surface area contributed by atoms with Crippen LogP contribution in [0.1, 0.15) is 36.4 Å². The number of piperidine rings is 1. The Kier molecular flexibility index (Phi) is 3.52. The molecule has 2 aliphatic rings. The summed E-state index contributed by atoms with van der Waals surface area (Å²) in [6.07, 6.45) is 4.19. The molecule has 3 heteroatoms. The number of fused-ring (bicyclic) bond motifs is 1. The number of nitrogens with two attached hydrogens (primary N) is 1. The van der Waals surface area contributed by atoms with E-state index in [2.05, 4.69) is 23.5 Å². The molecule has 2 aliphatic heterocycles. The highest BCUT2D eigenvalue weighted by molar-refractivity contribution is 5.42. The molecule has 1 atom stereocenters. The third-order valence-electron chi connectivity index (χ3n) is 4.48. The third-order valence-corrected chi connectivity index (χ3v) is 4.48. The Morgan fingerprint density at radius 1 is 1.22 bits per heavy atom. The van der Waals surface area contributed by atoms with Gasteiger partial charge in [0.05, 0.1) is 25.8 Å². The van der Waals surface area contributed by atoms with E-state index in [1.165, 1.54) is 50.0 Å². The quantitative estimate of drug-likeness (QED) is 0.751. The molecule has 3 rings (SSSR count). The molecule has 98 valence electrons. The number of hydrogen-bond acceptors (Lipinski definition) is 1. The summed E-state index contributed by atoms with van der Waals surface area (Å²) in [4.78, 5) is 1.77. The van der Waals surface area contributed by atoms with Crippen molar-refractivity contribution in [3.63, 3.8) is 0 Å². The zero-order valence-corrected chi connectivity index (χ0v) is 11.2. The first-order valence-corrected chi connectivity index (χ1v) is 7.22. The van der Waals surface area contributed by atoms with Crippen LogP contribution < -0.4 is 15.0 Å². The van der Waals surface area contributed by atoms with Crippen LogP contribution in [0.25, 0.3) is 0 Å². The number of hydrogen-bond donors (Lipinski definition) is 2. The molecular weight excluding hydrogens is 224 g/mol. The maximum atomic E-state index is 5.61. The molecule has 1 aromatic carbocycles. The summed E-state index contributed by atoms with van der Waals surface area (Å²) in [5.74, 6) is 1.10. The normalized spacial score (nSPS) is 24.6. The predicted molar refractivity (Wildman–Crippen MR) is 70.8 cm³/mol. The van der Waals surface area contributed by atoms with E-state index in [0.29, 0.717) is 6.04 Å². The zero-order valence-electron chi connectivity index (χ0n) is 11.2. The average Bonchev–Trinajstić information content (AvgIpc) is 2.47. The Labute approximate surface area is 109 Å². The summed E-state index contributed by atoms with van der Waals surface area (Å²) in [7, 11) is 1.80. The molecule has 1 fully saturated rings. The van der Waals surface area contributed by atoms with E-state index >= 15 is 0 Å². The van der Waals surface area contributed by atoms with Crippen molar-refractivity contribution in [1.82, 2.24) is 0 Å². The summed E-state index contributed by atoms with van der Waals surface area (Å²) in [6.45, 7) is 4.98. The smallest absolute Gasteiger partial charge is 0.167 e. The van der Waals surface area contributed by atoms with Gasteiger partial charge in [-0.05, 0) is 25.3 Å². The second-order valence-corrected chi connectivity index (χ2v) is 5.53. The Bertz CT molecular complexity index is 399. The number of ether oxygens (including phenoxy) is 1. The molecule has 0 radical (unpaired) electrons. The summed E-state index contributed by atoms with van der Waals surface area (Å²) >= 11 is 0. The molecule has 18 heavy (non-hydrogen) atoms. The van der Waals surface area contributed by atoms with Crippen LogP contribution in [0.2, 0.25) is 0 Å². The molecule has 2 heterocycles. The zero-order chi connectivity index (χ0) is 12.4. The van der Waals surface area contributed by atoms with Crippen molar-refractivity contribution < 1.29 is 15.0 Å². The topological polar surface area (TPSA) is 30.3 Å². The predicted octanol–water partition coefficient (Wildman–Crippen LogP) is -0.118. The van der Waals surface area contributed by atoms with Gasteiger partial charge < -0.3 is 15.0 Å². The van der Waals surface area contributed by atoms with Crippen LogP contribution in [-0.2, 0) is 6.54 Å². The van der Waals surface area contributed by atoms with E-state index in [4.69, 9.17) is 4.74 Å². The van der Waals surface area contributed by atoms with Crippen molar-refractivity contribution in [3.8, 4) is 5.75 Å². The van der Waals surface area contributed by atoms with Crippen molar-refractivity contribution >= 4 is 0 Å². The highest BCUT2D eigenvalue weighted by Gasteiger charge is 2.34. The molecule has 1 aromatic rings. The van der Waals surface area contributed by atoms with Crippen LogP contribution in [0.5, 0.6) is 5.75 Å². The molecule has 1 saturated heterocycles. The van der Waals surface area contributed by atoms with Crippen LogP contribution in [0.4, 0.5) is 0 Å². The number of benzene rings is 1. The summed E-state index contributed by atoms with van der Waals surface area (Å²) in [5.41, 5.74) is 2.96. The molecular formula is C15H24N2O+2. The van der Waals surface area contributed by atoms with E-state index in [1.54, 1.807) is 12.0 Å². The molecule has 0 spiro atoms. The van der Waals surface area contributed by atoms with Gasteiger partial charge in [0.25, 0.3) is 0 Å². The SMILES string of the molecule is COc1cccc2c1[C@H]([NH+]1CCCCC1)C[NH2+]C2. The van der Waals surface area contributed by atoms with E-state index in [-0.39, 0.29) is 0 Å². The minimum Gasteiger partial charge on any atom is -0.496 e. The van der Waals surface area contributed by atoms with Gasteiger partial charge in [-0.3, -0.25) is 0 Å². The van der Waals surface area contributed by atoms with Gasteiger partial charge in [-0.1, -0.05) is 12.1 Å². The summed E-state index contributed by atoms with van der Waals surface area (Å²) in [6, 6.07) is 7.15. The van der Waals surface area contributed by atoms with Gasteiger partial charge in [0.15, 0.2) is 6.04 Å². The standard InChI is InChI=1S/C15H22N2O/c1-18-14-7-5-6-12-10-16-11-13(15(12)14)17-8-3-2-4-9-17/h5-7,13,16H,2-4,8-11H2,1H3/p+2/t13-/m1/s1. The minimum absolute atomic E-state index is 0.630. The van der Waals surface area contributed by atoms with Gasteiger partial charge in [0.1, 0.15) is 18.8 Å². The first-order valence-electron chi connectivity index (χ1n) is 7.22. The maximum Gasteiger partial charge on any atom is 0.167 e. The molecule has 3 N–H and O–H groups in total. The lowest BCUT2D eigenvalue weighted by atomic mass is 9.93. The van der Waals surface area contributed by atoms with Crippen LogP contribution in [-0.4, -0.2) is 26.7 Å². The van der Waals surface area contributed by atoms with Gasteiger partial charge in [0, 0.05) is 5.56 Å². The lowest BCUT2D eigenvalue weighted by molar-refractivity contribution is -0.952. The average molecular weight is 248 g/mol. The maximum absolute atomic E-state index is 5.61. The Balaban J connectivity index is 1.94. The molecule has 0 saturated carbocycles. The Morgan fingerprint density at radius 3 is 2.83 bits per heavy atom. The van der Waals surface area contributed by atoms with Crippen molar-refractivity contribution in [2.24, 2.45) is 0 Å². The number of nitrogens with one attached hydrogen (secondary N) is 1. The molecule has 0 amide bonds. The van der Waals surface area contributed by atoms with Crippen molar-refractivity contribution in [2.45, 2.75) is 31.8 Å². The van der Waals surface area contributed by atoms with Crippen molar-refractivity contribution in [3.05, 3.63) is 29.3 Å².